The number of hydrogen-bond acceptors (Lipinski definition) is 1. The van der Waals surface area contributed by atoms with Gasteiger partial charge in [-0.05, 0) is 18.2 Å². The minimum atomic E-state index is 0.926. The van der Waals surface area contributed by atoms with Gasteiger partial charge in [-0.15, -0.1) is 0 Å². The van der Waals surface area contributed by atoms with Crippen LogP contribution in [-0.2, 0) is 0 Å². The number of hydrogen-bond donors (Lipinski definition) is 0. The Balaban J connectivity index is 2.92. The molecule has 0 unspecified atom stereocenters. The van der Waals surface area contributed by atoms with Gasteiger partial charge in [0.25, 0.3) is 0 Å². The highest BCUT2D eigenvalue weighted by Gasteiger charge is 2.03. The van der Waals surface area contributed by atoms with Gasteiger partial charge in [0.1, 0.15) is 6.26 Å². The molecule has 0 fully saturated rings. The lowest BCUT2D eigenvalue weighted by Crippen LogP contribution is -1.68. The van der Waals surface area contributed by atoms with Crippen molar-refractivity contribution in [3.05, 3.63) is 30.5 Å². The molecule has 0 bridgehead atoms. The lowest BCUT2D eigenvalue weighted by atomic mass is 10.5. The zero-order valence-corrected chi connectivity index (χ0v) is 5.24. The Morgan fingerprint density at radius 3 is 2.80 bits per heavy atom. The number of nitrogens with zero attached hydrogens (tertiary/aromatic N) is 1. The lowest BCUT2D eigenvalue weighted by Gasteiger charge is -1.77. The second-order valence-corrected chi connectivity index (χ2v) is 2.43. The van der Waals surface area contributed by atoms with E-state index in [2.05, 4.69) is 10.5 Å². The van der Waals surface area contributed by atoms with Crippen molar-refractivity contribution in [2.45, 2.75) is 0 Å². The molecule has 0 aliphatic heterocycles. The molecule has 0 N–H and O–H groups in total. The molecule has 3 rings (SSSR count). The molecule has 3 aromatic rings. The minimum Gasteiger partial charge on any atom is -0.446 e. The van der Waals surface area contributed by atoms with Crippen molar-refractivity contribution in [2.75, 3.05) is 0 Å². The molecule has 0 aliphatic rings. The van der Waals surface area contributed by atoms with Gasteiger partial charge in [-0.25, -0.2) is 0 Å². The molecule has 0 saturated heterocycles. The average molecular weight is 131 g/mol. The molecule has 0 atom stereocenters. The Kier molecular flexibility index (Phi) is 0.520. The molecule has 0 saturated carbocycles. The number of rotatable bonds is 0. The van der Waals surface area contributed by atoms with Gasteiger partial charge in [0.2, 0.25) is 5.71 Å². The van der Waals surface area contributed by atoms with Gasteiger partial charge >= 0.3 is 0 Å². The number of aromatic nitrogens is 1. The first kappa shape index (κ1) is 4.39. The average Bonchev–Trinajstić information content (AvgIpc) is 2.56. The topological polar surface area (TPSA) is 17.6 Å². The van der Waals surface area contributed by atoms with E-state index in [0.29, 0.717) is 0 Å². The van der Waals surface area contributed by atoms with Crippen molar-refractivity contribution in [1.82, 2.24) is 4.40 Å². The quantitative estimate of drug-likeness (QED) is 0.457. The van der Waals surface area contributed by atoms with Crippen LogP contribution in [0.2, 0.25) is 0 Å². The van der Waals surface area contributed by atoms with Crippen LogP contribution in [0.15, 0.2) is 34.9 Å². The summed E-state index contributed by atoms with van der Waals surface area (Å²) in [6.45, 7) is 0. The van der Waals surface area contributed by atoms with E-state index in [1.165, 1.54) is 5.52 Å². The second-order valence-electron chi connectivity index (χ2n) is 2.43. The van der Waals surface area contributed by atoms with Crippen molar-refractivity contribution in [2.24, 2.45) is 0 Å². The summed E-state index contributed by atoms with van der Waals surface area (Å²) in [6, 6.07) is 8.15. The standard InChI is InChI=1S/C8H5NO/c1-2-7-5-10-8-4-3-6(1)9(7)8/h1-5H. The molecular formula is C8H5NO. The van der Waals surface area contributed by atoms with Gasteiger partial charge in [-0.3, -0.25) is 4.40 Å². The van der Waals surface area contributed by atoms with Gasteiger partial charge in [0.15, 0.2) is 0 Å². The maximum absolute atomic E-state index is 5.23. The molecule has 0 aliphatic carbocycles. The van der Waals surface area contributed by atoms with E-state index in [-0.39, 0.29) is 0 Å². The third-order valence-electron chi connectivity index (χ3n) is 1.86. The summed E-state index contributed by atoms with van der Waals surface area (Å²) in [7, 11) is 0. The van der Waals surface area contributed by atoms with Crippen molar-refractivity contribution >= 4 is 16.7 Å². The summed E-state index contributed by atoms with van der Waals surface area (Å²) in [5.41, 5.74) is 3.27. The summed E-state index contributed by atoms with van der Waals surface area (Å²) in [4.78, 5) is 0. The third-order valence-corrected chi connectivity index (χ3v) is 1.86. The van der Waals surface area contributed by atoms with Crippen LogP contribution in [0.25, 0.3) is 16.7 Å². The van der Waals surface area contributed by atoms with E-state index in [1.807, 2.05) is 18.2 Å². The van der Waals surface area contributed by atoms with Crippen LogP contribution in [-0.4, -0.2) is 4.40 Å². The third kappa shape index (κ3) is 0.310. The van der Waals surface area contributed by atoms with Gasteiger partial charge in [0, 0.05) is 11.6 Å². The first-order valence-electron chi connectivity index (χ1n) is 3.22. The fourth-order valence-corrected chi connectivity index (χ4v) is 1.39. The fourth-order valence-electron chi connectivity index (χ4n) is 1.39. The summed E-state index contributed by atoms with van der Waals surface area (Å²) in [6.07, 6.45) is 1.77. The first-order chi connectivity index (χ1) is 4.95. The Hall–Kier alpha value is -1.44. The Morgan fingerprint density at radius 2 is 1.80 bits per heavy atom. The smallest absolute Gasteiger partial charge is 0.204 e. The van der Waals surface area contributed by atoms with Crippen LogP contribution in [0.1, 0.15) is 0 Å². The van der Waals surface area contributed by atoms with E-state index < -0.39 is 0 Å². The maximum Gasteiger partial charge on any atom is 0.204 e. The largest absolute Gasteiger partial charge is 0.446 e. The summed E-state index contributed by atoms with van der Waals surface area (Å²) in [5.74, 6) is 0. The van der Waals surface area contributed by atoms with E-state index in [0.717, 1.165) is 11.2 Å². The Bertz CT molecular complexity index is 362. The molecule has 48 valence electrons. The van der Waals surface area contributed by atoms with Crippen molar-refractivity contribution < 1.29 is 4.42 Å². The monoisotopic (exact) mass is 131 g/mol. The molecule has 0 amide bonds. The normalized spacial score (nSPS) is 12.0. The molecule has 2 nitrogen and oxygen atoms in total. The zero-order valence-electron chi connectivity index (χ0n) is 5.24. The second kappa shape index (κ2) is 1.19. The summed E-state index contributed by atoms with van der Waals surface area (Å²) in [5, 5.41) is 0. The maximum atomic E-state index is 5.23. The van der Waals surface area contributed by atoms with Gasteiger partial charge in [0.05, 0.1) is 5.52 Å². The van der Waals surface area contributed by atoms with Gasteiger partial charge in [-0.2, -0.15) is 0 Å². The molecule has 3 heterocycles. The van der Waals surface area contributed by atoms with Crippen molar-refractivity contribution in [3.63, 3.8) is 0 Å². The fraction of sp³-hybridized carbons (Fsp3) is 0. The van der Waals surface area contributed by atoms with E-state index >= 15 is 0 Å². The van der Waals surface area contributed by atoms with Crippen LogP contribution in [0.3, 0.4) is 0 Å². The summed E-state index contributed by atoms with van der Waals surface area (Å²) < 4.78 is 7.32. The van der Waals surface area contributed by atoms with Crippen LogP contribution in [0, 0.1) is 0 Å². The molecule has 0 radical (unpaired) electrons. The molecule has 2 heteroatoms. The highest BCUT2D eigenvalue weighted by atomic mass is 16.3. The van der Waals surface area contributed by atoms with Crippen molar-refractivity contribution in [1.29, 1.82) is 0 Å². The van der Waals surface area contributed by atoms with Crippen LogP contribution in [0.5, 0.6) is 0 Å². The highest BCUT2D eigenvalue weighted by molar-refractivity contribution is 5.70. The summed E-state index contributed by atoms with van der Waals surface area (Å²) >= 11 is 0. The zero-order chi connectivity index (χ0) is 6.55. The molecular weight excluding hydrogens is 126 g/mol. The van der Waals surface area contributed by atoms with E-state index in [9.17, 15) is 0 Å². The highest BCUT2D eigenvalue weighted by Crippen LogP contribution is 2.20. The van der Waals surface area contributed by atoms with Crippen LogP contribution < -0.4 is 0 Å². The van der Waals surface area contributed by atoms with E-state index in [1.54, 1.807) is 6.26 Å². The number of oxazole rings is 1. The van der Waals surface area contributed by atoms with Gasteiger partial charge in [-0.1, -0.05) is 0 Å². The minimum absolute atomic E-state index is 0.926. The Labute approximate surface area is 57.0 Å². The predicted octanol–water partition coefficient (Wildman–Crippen LogP) is 2.12. The molecule has 0 aromatic carbocycles. The van der Waals surface area contributed by atoms with E-state index in [4.69, 9.17) is 4.42 Å². The lowest BCUT2D eigenvalue weighted by molar-refractivity contribution is 0.610. The first-order valence-corrected chi connectivity index (χ1v) is 3.22. The predicted molar refractivity (Wildman–Crippen MR) is 38.4 cm³/mol. The molecule has 0 spiro atoms. The van der Waals surface area contributed by atoms with Gasteiger partial charge < -0.3 is 4.42 Å². The van der Waals surface area contributed by atoms with Crippen molar-refractivity contribution in [3.8, 4) is 0 Å². The van der Waals surface area contributed by atoms with Crippen LogP contribution in [0.4, 0.5) is 0 Å². The molecule has 3 aromatic heterocycles. The van der Waals surface area contributed by atoms with Crippen LogP contribution >= 0.6 is 0 Å². The molecule has 10 heavy (non-hydrogen) atoms. The Morgan fingerprint density at radius 1 is 1.00 bits per heavy atom. The SMILES string of the molecule is c1cc2coc3ccc1n23.